The van der Waals surface area contributed by atoms with Crippen LogP contribution in [-0.2, 0) is 9.59 Å². The Hall–Kier alpha value is -2.57. The number of aliphatic carboxylic acids is 1. The highest BCUT2D eigenvalue weighted by atomic mass is 16.4. The molecule has 2 saturated carbocycles. The van der Waals surface area contributed by atoms with Crippen LogP contribution in [0.4, 0.5) is 10.5 Å². The molecule has 1 aromatic rings. The molecule has 0 radical (unpaired) electrons. The van der Waals surface area contributed by atoms with E-state index in [0.29, 0.717) is 5.69 Å². The lowest BCUT2D eigenvalue weighted by atomic mass is 9.68. The lowest BCUT2D eigenvalue weighted by molar-refractivity contribution is -0.143. The van der Waals surface area contributed by atoms with Crippen LogP contribution >= 0.6 is 0 Å². The monoisotopic (exact) mass is 358 g/mol. The molecule has 7 nitrogen and oxygen atoms in total. The molecule has 1 heterocycles. The molecule has 1 aromatic carbocycles. The Labute approximate surface area is 151 Å². The summed E-state index contributed by atoms with van der Waals surface area (Å²) in [5.41, 5.74) is 1.52. The molecular weight excluding hydrogens is 336 g/mol. The molecule has 26 heavy (non-hydrogen) atoms. The van der Waals surface area contributed by atoms with Crippen LogP contribution in [0.15, 0.2) is 24.3 Å². The zero-order chi connectivity index (χ0) is 18.4. The number of carbonyl (C=O) groups excluding carboxylic acids is 1. The van der Waals surface area contributed by atoms with Crippen molar-refractivity contribution in [2.24, 2.45) is 5.92 Å². The van der Waals surface area contributed by atoms with Crippen LogP contribution in [-0.4, -0.2) is 45.2 Å². The topological polar surface area (TPSA) is 98.2 Å². The number of anilines is 1. The molecule has 0 spiro atoms. The highest BCUT2D eigenvalue weighted by Crippen LogP contribution is 2.54. The van der Waals surface area contributed by atoms with Crippen LogP contribution < -0.4 is 4.90 Å². The van der Waals surface area contributed by atoms with E-state index in [9.17, 15) is 19.5 Å². The van der Waals surface area contributed by atoms with Crippen LogP contribution in [0.5, 0.6) is 0 Å². The van der Waals surface area contributed by atoms with Crippen molar-refractivity contribution >= 4 is 23.7 Å². The van der Waals surface area contributed by atoms with Crippen molar-refractivity contribution < 1.29 is 24.6 Å². The summed E-state index contributed by atoms with van der Waals surface area (Å²) in [5, 5.41) is 18.6. The predicted molar refractivity (Wildman–Crippen MR) is 92.9 cm³/mol. The minimum Gasteiger partial charge on any atom is -0.481 e. The van der Waals surface area contributed by atoms with E-state index in [-0.39, 0.29) is 42.8 Å². The number of nitrogens with zero attached hydrogens (tertiary/aromatic N) is 2. The molecule has 1 unspecified atom stereocenters. The standard InChI is InChI=1S/C19H22N2O5/c22-16(9-10-17(23)24)20(11-5-6-11)18-12-3-1-2-4-14(12)21(19(25)26)15-8-7-13(15)18/h1-4,11,13,15,18H,5-10H2,(H,23,24)(H,25,26)/t13-,15+,18?/m0/s1. The Kier molecular flexibility index (Phi) is 4.09. The number of carboxylic acid groups (broad SMARTS) is 2. The summed E-state index contributed by atoms with van der Waals surface area (Å²) in [6, 6.07) is 7.28. The van der Waals surface area contributed by atoms with E-state index < -0.39 is 12.1 Å². The van der Waals surface area contributed by atoms with Gasteiger partial charge in [0.25, 0.3) is 0 Å². The second-order valence-corrected chi connectivity index (χ2v) is 7.39. The zero-order valence-electron chi connectivity index (χ0n) is 14.4. The Bertz CT molecular complexity index is 760. The largest absolute Gasteiger partial charge is 0.481 e. The number of fused-ring (bicyclic) bond motifs is 2. The fourth-order valence-corrected chi connectivity index (χ4v) is 4.45. The number of rotatable bonds is 5. The minimum atomic E-state index is -0.975. The number of carbonyl (C=O) groups is 3. The van der Waals surface area contributed by atoms with Gasteiger partial charge < -0.3 is 15.1 Å². The second-order valence-electron chi connectivity index (χ2n) is 7.39. The van der Waals surface area contributed by atoms with Crippen molar-refractivity contribution in [1.82, 2.24) is 4.90 Å². The molecule has 3 aliphatic rings. The van der Waals surface area contributed by atoms with Crippen LogP contribution in [0.2, 0.25) is 0 Å². The van der Waals surface area contributed by atoms with E-state index >= 15 is 0 Å². The fourth-order valence-electron chi connectivity index (χ4n) is 4.45. The molecule has 1 aliphatic heterocycles. The Morgan fingerprint density at radius 1 is 1.04 bits per heavy atom. The summed E-state index contributed by atoms with van der Waals surface area (Å²) in [4.78, 5) is 38.9. The maximum Gasteiger partial charge on any atom is 0.412 e. The fraction of sp³-hybridized carbons (Fsp3) is 0.526. The molecule has 7 heteroatoms. The lowest BCUT2D eigenvalue weighted by Crippen LogP contribution is -2.59. The highest BCUT2D eigenvalue weighted by Gasteiger charge is 2.53. The van der Waals surface area contributed by atoms with E-state index in [1.807, 2.05) is 23.1 Å². The molecule has 3 atom stereocenters. The van der Waals surface area contributed by atoms with Crippen LogP contribution in [0.25, 0.3) is 0 Å². The summed E-state index contributed by atoms with van der Waals surface area (Å²) in [6.07, 6.45) is 2.39. The van der Waals surface area contributed by atoms with Gasteiger partial charge in [-0.15, -0.1) is 0 Å². The average molecular weight is 358 g/mol. The molecule has 138 valence electrons. The number of carboxylic acids is 1. The average Bonchev–Trinajstić information content (AvgIpc) is 3.40. The molecule has 0 saturated heterocycles. The van der Waals surface area contributed by atoms with Gasteiger partial charge in [-0.05, 0) is 37.3 Å². The molecular formula is C19H22N2O5. The maximum absolute atomic E-state index is 12.9. The summed E-state index contributed by atoms with van der Waals surface area (Å²) in [7, 11) is 0. The van der Waals surface area contributed by atoms with Crippen molar-refractivity contribution in [2.45, 2.75) is 56.7 Å². The number of para-hydroxylation sites is 1. The van der Waals surface area contributed by atoms with Gasteiger partial charge >= 0.3 is 12.1 Å². The van der Waals surface area contributed by atoms with Crippen LogP contribution in [0, 0.1) is 5.92 Å². The molecule has 2 amide bonds. The van der Waals surface area contributed by atoms with Crippen molar-refractivity contribution in [3.8, 4) is 0 Å². The summed E-state index contributed by atoms with van der Waals surface area (Å²) in [5.74, 6) is -1.03. The quantitative estimate of drug-likeness (QED) is 0.843. The van der Waals surface area contributed by atoms with E-state index in [0.717, 1.165) is 31.2 Å². The smallest absolute Gasteiger partial charge is 0.412 e. The van der Waals surface area contributed by atoms with Gasteiger partial charge in [0.2, 0.25) is 5.91 Å². The third kappa shape index (κ3) is 2.71. The van der Waals surface area contributed by atoms with Gasteiger partial charge in [0.15, 0.2) is 0 Å². The number of hydrogen-bond donors (Lipinski definition) is 2. The molecule has 2 N–H and O–H groups in total. The number of amides is 2. The van der Waals surface area contributed by atoms with Gasteiger partial charge in [0.1, 0.15) is 0 Å². The first-order valence-corrected chi connectivity index (χ1v) is 9.13. The first kappa shape index (κ1) is 16.9. The van der Waals surface area contributed by atoms with Crippen molar-refractivity contribution in [2.75, 3.05) is 4.90 Å². The van der Waals surface area contributed by atoms with Gasteiger partial charge in [-0.25, -0.2) is 4.79 Å². The zero-order valence-corrected chi connectivity index (χ0v) is 14.4. The molecule has 2 fully saturated rings. The van der Waals surface area contributed by atoms with Crippen LogP contribution in [0.1, 0.15) is 50.1 Å². The third-order valence-corrected chi connectivity index (χ3v) is 5.83. The highest BCUT2D eigenvalue weighted by molar-refractivity contribution is 5.90. The van der Waals surface area contributed by atoms with E-state index in [4.69, 9.17) is 5.11 Å². The normalized spacial score (nSPS) is 26.3. The molecule has 0 aromatic heterocycles. The SMILES string of the molecule is O=C(O)CCC(=O)N(C1CC1)C1c2ccccc2N(C(=O)O)[C@@H]2CC[C@H]12. The Morgan fingerprint density at radius 3 is 2.35 bits per heavy atom. The summed E-state index contributed by atoms with van der Waals surface area (Å²) < 4.78 is 0. The van der Waals surface area contributed by atoms with E-state index in [1.165, 1.54) is 4.90 Å². The van der Waals surface area contributed by atoms with Crippen molar-refractivity contribution in [3.05, 3.63) is 29.8 Å². The van der Waals surface area contributed by atoms with Gasteiger partial charge in [0.05, 0.1) is 18.2 Å². The van der Waals surface area contributed by atoms with Gasteiger partial charge in [-0.3, -0.25) is 14.5 Å². The second kappa shape index (κ2) is 6.30. The molecule has 4 rings (SSSR count). The first-order chi connectivity index (χ1) is 12.5. The minimum absolute atomic E-state index is 0.00939. The number of hydrogen-bond acceptors (Lipinski definition) is 3. The molecule has 2 aliphatic carbocycles. The Morgan fingerprint density at radius 2 is 1.77 bits per heavy atom. The van der Waals surface area contributed by atoms with E-state index in [1.54, 1.807) is 6.07 Å². The summed E-state index contributed by atoms with van der Waals surface area (Å²) in [6.45, 7) is 0. The Balaban J connectivity index is 1.72. The molecule has 0 bridgehead atoms. The van der Waals surface area contributed by atoms with E-state index in [2.05, 4.69) is 0 Å². The number of benzene rings is 1. The third-order valence-electron chi connectivity index (χ3n) is 5.83. The van der Waals surface area contributed by atoms with Gasteiger partial charge in [-0.1, -0.05) is 18.2 Å². The summed E-state index contributed by atoms with van der Waals surface area (Å²) >= 11 is 0. The predicted octanol–water partition coefficient (Wildman–Crippen LogP) is 2.86. The lowest BCUT2D eigenvalue weighted by Gasteiger charge is -2.54. The van der Waals surface area contributed by atoms with Crippen molar-refractivity contribution in [3.63, 3.8) is 0 Å². The van der Waals surface area contributed by atoms with Gasteiger partial charge in [0, 0.05) is 24.4 Å². The first-order valence-electron chi connectivity index (χ1n) is 9.13. The maximum atomic E-state index is 12.9. The van der Waals surface area contributed by atoms with Crippen LogP contribution in [0.3, 0.4) is 0 Å². The van der Waals surface area contributed by atoms with Gasteiger partial charge in [-0.2, -0.15) is 0 Å². The van der Waals surface area contributed by atoms with Crippen molar-refractivity contribution in [1.29, 1.82) is 0 Å².